The Bertz CT molecular complexity index is 483. The van der Waals surface area contributed by atoms with Gasteiger partial charge in [-0.3, -0.25) is 0 Å². The van der Waals surface area contributed by atoms with E-state index in [-0.39, 0.29) is 0 Å². The molecule has 0 spiro atoms. The van der Waals surface area contributed by atoms with E-state index in [1.54, 1.807) is 10.9 Å². The Labute approximate surface area is 107 Å². The van der Waals surface area contributed by atoms with Crippen molar-refractivity contribution in [3.05, 3.63) is 36.8 Å². The SMILES string of the molecule is CN1CCN(c2ccc(-n3cccn3)nc2)CC1. The zero-order chi connectivity index (χ0) is 12.4. The highest BCUT2D eigenvalue weighted by Gasteiger charge is 2.14. The minimum Gasteiger partial charge on any atom is -0.368 e. The topological polar surface area (TPSA) is 37.2 Å². The van der Waals surface area contributed by atoms with E-state index in [4.69, 9.17) is 0 Å². The molecule has 1 aliphatic rings. The van der Waals surface area contributed by atoms with E-state index in [1.165, 1.54) is 5.69 Å². The summed E-state index contributed by atoms with van der Waals surface area (Å²) >= 11 is 0. The number of rotatable bonds is 2. The van der Waals surface area contributed by atoms with Gasteiger partial charge in [-0.05, 0) is 25.2 Å². The van der Waals surface area contributed by atoms with Crippen molar-refractivity contribution < 1.29 is 0 Å². The molecular formula is C13H17N5. The summed E-state index contributed by atoms with van der Waals surface area (Å²) < 4.78 is 1.77. The second kappa shape index (κ2) is 4.78. The normalized spacial score (nSPS) is 17.1. The Balaban J connectivity index is 1.75. The van der Waals surface area contributed by atoms with Gasteiger partial charge in [-0.2, -0.15) is 5.10 Å². The van der Waals surface area contributed by atoms with Gasteiger partial charge in [0.25, 0.3) is 0 Å². The van der Waals surface area contributed by atoms with E-state index < -0.39 is 0 Å². The lowest BCUT2D eigenvalue weighted by molar-refractivity contribution is 0.313. The van der Waals surface area contributed by atoms with Crippen LogP contribution >= 0.6 is 0 Å². The first-order valence-corrected chi connectivity index (χ1v) is 6.22. The van der Waals surface area contributed by atoms with Crippen LogP contribution in [-0.4, -0.2) is 52.9 Å². The van der Waals surface area contributed by atoms with Crippen LogP contribution in [0.3, 0.4) is 0 Å². The van der Waals surface area contributed by atoms with E-state index in [9.17, 15) is 0 Å². The molecule has 3 heterocycles. The summed E-state index contributed by atoms with van der Waals surface area (Å²) in [6.45, 7) is 4.36. The third-order valence-electron chi connectivity index (χ3n) is 3.34. The Morgan fingerprint density at radius 2 is 1.94 bits per heavy atom. The average molecular weight is 243 g/mol. The molecule has 5 heteroatoms. The van der Waals surface area contributed by atoms with Crippen LogP contribution in [0.15, 0.2) is 36.8 Å². The molecule has 0 bridgehead atoms. The fraction of sp³-hybridized carbons (Fsp3) is 0.385. The quantitative estimate of drug-likeness (QED) is 0.789. The van der Waals surface area contributed by atoms with Crippen LogP contribution in [-0.2, 0) is 0 Å². The molecule has 0 atom stereocenters. The minimum absolute atomic E-state index is 0.859. The molecule has 3 rings (SSSR count). The number of anilines is 1. The first-order valence-electron chi connectivity index (χ1n) is 6.22. The second-order valence-corrected chi connectivity index (χ2v) is 4.62. The number of nitrogens with zero attached hydrogens (tertiary/aromatic N) is 5. The van der Waals surface area contributed by atoms with E-state index in [0.717, 1.165) is 32.0 Å². The van der Waals surface area contributed by atoms with Crippen molar-refractivity contribution in [2.45, 2.75) is 0 Å². The molecule has 1 aliphatic heterocycles. The van der Waals surface area contributed by atoms with Crippen molar-refractivity contribution in [1.29, 1.82) is 0 Å². The summed E-state index contributed by atoms with van der Waals surface area (Å²) in [5, 5.41) is 4.17. The Kier molecular flexibility index (Phi) is 2.98. The van der Waals surface area contributed by atoms with Gasteiger partial charge in [-0.1, -0.05) is 0 Å². The lowest BCUT2D eigenvalue weighted by Gasteiger charge is -2.33. The highest BCUT2D eigenvalue weighted by molar-refractivity contribution is 5.46. The van der Waals surface area contributed by atoms with E-state index in [0.29, 0.717) is 0 Å². The van der Waals surface area contributed by atoms with Crippen molar-refractivity contribution in [2.24, 2.45) is 0 Å². The number of hydrogen-bond donors (Lipinski definition) is 0. The largest absolute Gasteiger partial charge is 0.368 e. The van der Waals surface area contributed by atoms with Crippen molar-refractivity contribution in [3.63, 3.8) is 0 Å². The summed E-state index contributed by atoms with van der Waals surface area (Å²) in [4.78, 5) is 9.18. The molecule has 0 radical (unpaired) electrons. The molecule has 0 saturated carbocycles. The maximum absolute atomic E-state index is 4.46. The van der Waals surface area contributed by atoms with Crippen LogP contribution in [0.4, 0.5) is 5.69 Å². The van der Waals surface area contributed by atoms with Crippen LogP contribution in [0.5, 0.6) is 0 Å². The van der Waals surface area contributed by atoms with Crippen LogP contribution in [0.1, 0.15) is 0 Å². The minimum atomic E-state index is 0.859. The number of pyridine rings is 1. The molecule has 0 N–H and O–H groups in total. The summed E-state index contributed by atoms with van der Waals surface area (Å²) in [7, 11) is 2.16. The third kappa shape index (κ3) is 2.22. The first-order chi connectivity index (χ1) is 8.83. The molecular weight excluding hydrogens is 226 g/mol. The van der Waals surface area contributed by atoms with Crippen LogP contribution in [0.2, 0.25) is 0 Å². The molecule has 0 aliphatic carbocycles. The molecule has 1 saturated heterocycles. The maximum Gasteiger partial charge on any atom is 0.153 e. The van der Waals surface area contributed by atoms with Gasteiger partial charge in [-0.15, -0.1) is 0 Å². The van der Waals surface area contributed by atoms with Crippen molar-refractivity contribution in [1.82, 2.24) is 19.7 Å². The number of piperazine rings is 1. The zero-order valence-electron chi connectivity index (χ0n) is 10.5. The molecule has 2 aromatic heterocycles. The van der Waals surface area contributed by atoms with Crippen molar-refractivity contribution in [3.8, 4) is 5.82 Å². The molecule has 94 valence electrons. The highest BCUT2D eigenvalue weighted by Crippen LogP contribution is 2.16. The zero-order valence-corrected chi connectivity index (χ0v) is 10.5. The van der Waals surface area contributed by atoms with E-state index in [1.807, 2.05) is 24.5 Å². The van der Waals surface area contributed by atoms with Gasteiger partial charge in [-0.25, -0.2) is 9.67 Å². The highest BCUT2D eigenvalue weighted by atomic mass is 15.3. The summed E-state index contributed by atoms with van der Waals surface area (Å²) in [5.74, 6) is 0.859. The van der Waals surface area contributed by atoms with Crippen molar-refractivity contribution >= 4 is 5.69 Å². The fourth-order valence-corrected chi connectivity index (χ4v) is 2.17. The number of hydrogen-bond acceptors (Lipinski definition) is 4. The number of likely N-dealkylation sites (N-methyl/N-ethyl adjacent to an activating group) is 1. The predicted octanol–water partition coefficient (Wildman–Crippen LogP) is 1.02. The van der Waals surface area contributed by atoms with Gasteiger partial charge in [0.1, 0.15) is 0 Å². The smallest absolute Gasteiger partial charge is 0.153 e. The monoisotopic (exact) mass is 243 g/mol. The van der Waals surface area contributed by atoms with Crippen LogP contribution in [0.25, 0.3) is 5.82 Å². The summed E-state index contributed by atoms with van der Waals surface area (Å²) in [6.07, 6.45) is 5.59. The third-order valence-corrected chi connectivity index (χ3v) is 3.34. The standard InChI is InChI=1S/C13H17N5/c1-16-7-9-17(10-8-16)12-3-4-13(14-11-12)18-6-2-5-15-18/h2-6,11H,7-10H2,1H3. The van der Waals surface area contributed by atoms with Gasteiger partial charge >= 0.3 is 0 Å². The van der Waals surface area contributed by atoms with Crippen LogP contribution in [0, 0.1) is 0 Å². The Hall–Kier alpha value is -1.88. The van der Waals surface area contributed by atoms with Gasteiger partial charge in [0.05, 0.1) is 11.9 Å². The first kappa shape index (κ1) is 11.2. The van der Waals surface area contributed by atoms with E-state index in [2.05, 4.69) is 33.0 Å². The number of aromatic nitrogens is 3. The second-order valence-electron chi connectivity index (χ2n) is 4.62. The lowest BCUT2D eigenvalue weighted by Crippen LogP contribution is -2.44. The van der Waals surface area contributed by atoms with Crippen molar-refractivity contribution in [2.75, 3.05) is 38.1 Å². The molecule has 0 aromatic carbocycles. The molecule has 1 fully saturated rings. The predicted molar refractivity (Wildman–Crippen MR) is 71.1 cm³/mol. The molecule has 0 unspecified atom stereocenters. The molecule has 0 amide bonds. The summed E-state index contributed by atoms with van der Waals surface area (Å²) in [6, 6.07) is 6.03. The molecule has 2 aromatic rings. The fourth-order valence-electron chi connectivity index (χ4n) is 2.17. The van der Waals surface area contributed by atoms with Gasteiger partial charge in [0, 0.05) is 38.6 Å². The van der Waals surface area contributed by atoms with Gasteiger partial charge in [0.15, 0.2) is 5.82 Å². The summed E-state index contributed by atoms with van der Waals surface area (Å²) in [5.41, 5.74) is 1.19. The Morgan fingerprint density at radius 1 is 1.11 bits per heavy atom. The lowest BCUT2D eigenvalue weighted by atomic mass is 10.3. The average Bonchev–Trinajstić information content (AvgIpc) is 2.94. The van der Waals surface area contributed by atoms with Gasteiger partial charge in [0.2, 0.25) is 0 Å². The Morgan fingerprint density at radius 3 is 2.56 bits per heavy atom. The van der Waals surface area contributed by atoms with Crippen LogP contribution < -0.4 is 4.90 Å². The van der Waals surface area contributed by atoms with E-state index >= 15 is 0 Å². The molecule has 18 heavy (non-hydrogen) atoms. The maximum atomic E-state index is 4.46. The van der Waals surface area contributed by atoms with Gasteiger partial charge < -0.3 is 9.80 Å². The molecule has 5 nitrogen and oxygen atoms in total.